The Labute approximate surface area is 184 Å². The van der Waals surface area contributed by atoms with Gasteiger partial charge in [0.05, 0.1) is 0 Å². The maximum Gasteiger partial charge on any atom is 0.261 e. The van der Waals surface area contributed by atoms with Crippen LogP contribution in [0.15, 0.2) is 48.5 Å². The van der Waals surface area contributed by atoms with Crippen LogP contribution in [0.25, 0.3) is 0 Å². The molecule has 0 spiro atoms. The third kappa shape index (κ3) is 7.06. The highest BCUT2D eigenvalue weighted by molar-refractivity contribution is 6.30. The van der Waals surface area contributed by atoms with E-state index in [9.17, 15) is 9.59 Å². The molecule has 2 aromatic carbocycles. The standard InChI is InChI=1S/C24H31ClN2O3/c1-5-18(4)26-24(29)22(6-2)27(15-19-9-11-20(25)12-10-19)23(28)16-30-21-13-7-17(3)8-14-21/h7-14,18,22H,5-6,15-16H2,1-4H3,(H,26,29)/t18-,22+/m1/s1. The van der Waals surface area contributed by atoms with Crippen molar-refractivity contribution in [3.63, 3.8) is 0 Å². The normalized spacial score (nSPS) is 12.7. The number of carbonyl (C=O) groups is 2. The number of halogens is 1. The van der Waals surface area contributed by atoms with E-state index < -0.39 is 6.04 Å². The number of carbonyl (C=O) groups excluding carboxylic acids is 2. The molecule has 0 aliphatic carbocycles. The van der Waals surface area contributed by atoms with Gasteiger partial charge in [-0.25, -0.2) is 0 Å². The number of nitrogens with zero attached hydrogens (tertiary/aromatic N) is 1. The van der Waals surface area contributed by atoms with Crippen molar-refractivity contribution < 1.29 is 14.3 Å². The highest BCUT2D eigenvalue weighted by atomic mass is 35.5. The van der Waals surface area contributed by atoms with Crippen LogP contribution in [-0.4, -0.2) is 35.4 Å². The summed E-state index contributed by atoms with van der Waals surface area (Å²) in [5.41, 5.74) is 2.02. The van der Waals surface area contributed by atoms with Gasteiger partial charge in [0.25, 0.3) is 5.91 Å². The van der Waals surface area contributed by atoms with Crippen molar-refractivity contribution in [3.8, 4) is 5.75 Å². The predicted molar refractivity (Wildman–Crippen MR) is 121 cm³/mol. The summed E-state index contributed by atoms with van der Waals surface area (Å²) in [5.74, 6) is 0.235. The van der Waals surface area contributed by atoms with Crippen LogP contribution in [0.1, 0.15) is 44.7 Å². The molecule has 0 heterocycles. The molecule has 2 aromatic rings. The number of hydrogen-bond acceptors (Lipinski definition) is 3. The first kappa shape index (κ1) is 23.7. The van der Waals surface area contributed by atoms with Crippen molar-refractivity contribution in [1.29, 1.82) is 0 Å². The number of rotatable bonds is 10. The van der Waals surface area contributed by atoms with Crippen LogP contribution in [-0.2, 0) is 16.1 Å². The molecule has 0 bridgehead atoms. The zero-order valence-electron chi connectivity index (χ0n) is 18.2. The maximum atomic E-state index is 13.1. The largest absolute Gasteiger partial charge is 0.484 e. The molecular formula is C24H31ClN2O3. The molecule has 0 saturated heterocycles. The fraction of sp³-hybridized carbons (Fsp3) is 0.417. The summed E-state index contributed by atoms with van der Waals surface area (Å²) >= 11 is 5.99. The molecule has 0 aromatic heterocycles. The molecule has 0 unspecified atom stereocenters. The SMILES string of the molecule is CC[C@@H](C)NC(=O)[C@H](CC)N(Cc1ccc(Cl)cc1)C(=O)COc1ccc(C)cc1. The Morgan fingerprint density at radius 1 is 1.03 bits per heavy atom. The van der Waals surface area contributed by atoms with Crippen LogP contribution in [0.3, 0.4) is 0 Å². The van der Waals surface area contributed by atoms with Crippen LogP contribution in [0.2, 0.25) is 5.02 Å². The van der Waals surface area contributed by atoms with Crippen molar-refractivity contribution in [2.75, 3.05) is 6.61 Å². The summed E-state index contributed by atoms with van der Waals surface area (Å²) in [4.78, 5) is 27.6. The summed E-state index contributed by atoms with van der Waals surface area (Å²) in [6.07, 6.45) is 1.33. The number of amides is 2. The second kappa shape index (κ2) is 11.6. The average molecular weight is 431 g/mol. The monoisotopic (exact) mass is 430 g/mol. The molecule has 0 saturated carbocycles. The van der Waals surface area contributed by atoms with Gasteiger partial charge in [-0.15, -0.1) is 0 Å². The molecule has 162 valence electrons. The van der Waals surface area contributed by atoms with Crippen molar-refractivity contribution in [3.05, 3.63) is 64.7 Å². The number of hydrogen-bond donors (Lipinski definition) is 1. The molecule has 2 amide bonds. The second-order valence-corrected chi connectivity index (χ2v) is 7.93. The first-order valence-electron chi connectivity index (χ1n) is 10.4. The van der Waals surface area contributed by atoms with Gasteiger partial charge < -0.3 is 15.0 Å². The Balaban J connectivity index is 2.19. The Kier molecular flexibility index (Phi) is 9.18. The Morgan fingerprint density at radius 3 is 2.23 bits per heavy atom. The van der Waals surface area contributed by atoms with E-state index in [4.69, 9.17) is 16.3 Å². The van der Waals surface area contributed by atoms with Crippen LogP contribution >= 0.6 is 11.6 Å². The third-order valence-corrected chi connectivity index (χ3v) is 5.29. The lowest BCUT2D eigenvalue weighted by molar-refractivity contribution is -0.143. The van der Waals surface area contributed by atoms with Gasteiger partial charge in [0, 0.05) is 17.6 Å². The maximum absolute atomic E-state index is 13.1. The summed E-state index contributed by atoms with van der Waals surface area (Å²) in [6.45, 7) is 8.03. The topological polar surface area (TPSA) is 58.6 Å². The molecule has 0 aliphatic heterocycles. The van der Waals surface area contributed by atoms with E-state index in [1.807, 2.05) is 64.1 Å². The minimum atomic E-state index is -0.580. The molecule has 2 rings (SSSR count). The summed E-state index contributed by atoms with van der Waals surface area (Å²) in [5, 5.41) is 3.62. The van der Waals surface area contributed by atoms with E-state index in [1.165, 1.54) is 0 Å². The smallest absolute Gasteiger partial charge is 0.261 e. The van der Waals surface area contributed by atoms with E-state index in [1.54, 1.807) is 17.0 Å². The van der Waals surface area contributed by atoms with Gasteiger partial charge in [0.1, 0.15) is 11.8 Å². The number of nitrogens with one attached hydrogen (secondary N) is 1. The minimum Gasteiger partial charge on any atom is -0.484 e. The van der Waals surface area contributed by atoms with Gasteiger partial charge in [-0.1, -0.05) is 55.3 Å². The zero-order valence-corrected chi connectivity index (χ0v) is 18.9. The Morgan fingerprint density at radius 2 is 1.67 bits per heavy atom. The van der Waals surface area contributed by atoms with Gasteiger partial charge >= 0.3 is 0 Å². The van der Waals surface area contributed by atoms with Gasteiger partial charge in [0.2, 0.25) is 5.91 Å². The molecule has 6 heteroatoms. The van der Waals surface area contributed by atoms with E-state index in [0.717, 1.165) is 17.5 Å². The molecule has 5 nitrogen and oxygen atoms in total. The molecule has 2 atom stereocenters. The molecule has 30 heavy (non-hydrogen) atoms. The Bertz CT molecular complexity index is 821. The fourth-order valence-electron chi connectivity index (χ4n) is 3.01. The lowest BCUT2D eigenvalue weighted by Crippen LogP contribution is -2.51. The summed E-state index contributed by atoms with van der Waals surface area (Å²) in [6, 6.07) is 14.3. The first-order valence-corrected chi connectivity index (χ1v) is 10.8. The Hall–Kier alpha value is -2.53. The number of aryl methyl sites for hydroxylation is 1. The summed E-state index contributed by atoms with van der Waals surface area (Å²) in [7, 11) is 0. The summed E-state index contributed by atoms with van der Waals surface area (Å²) < 4.78 is 5.69. The van der Waals surface area contributed by atoms with E-state index in [-0.39, 0.29) is 24.5 Å². The lowest BCUT2D eigenvalue weighted by atomic mass is 10.1. The molecule has 0 radical (unpaired) electrons. The van der Waals surface area contributed by atoms with Crippen LogP contribution in [0.4, 0.5) is 0 Å². The molecule has 0 fully saturated rings. The second-order valence-electron chi connectivity index (χ2n) is 7.49. The number of benzene rings is 2. The molecular weight excluding hydrogens is 400 g/mol. The van der Waals surface area contributed by atoms with Crippen molar-refractivity contribution in [2.45, 2.75) is 59.2 Å². The van der Waals surface area contributed by atoms with Crippen LogP contribution < -0.4 is 10.1 Å². The molecule has 0 aliphatic rings. The van der Waals surface area contributed by atoms with Gasteiger partial charge in [-0.2, -0.15) is 0 Å². The van der Waals surface area contributed by atoms with Gasteiger partial charge in [-0.05, 0) is 56.5 Å². The quantitative estimate of drug-likeness (QED) is 0.591. The fourth-order valence-corrected chi connectivity index (χ4v) is 3.14. The van der Waals surface area contributed by atoms with Crippen molar-refractivity contribution in [1.82, 2.24) is 10.2 Å². The average Bonchev–Trinajstić information content (AvgIpc) is 2.74. The van der Waals surface area contributed by atoms with Crippen LogP contribution in [0.5, 0.6) is 5.75 Å². The van der Waals surface area contributed by atoms with E-state index in [2.05, 4.69) is 5.32 Å². The van der Waals surface area contributed by atoms with Gasteiger partial charge in [0.15, 0.2) is 6.61 Å². The van der Waals surface area contributed by atoms with Crippen LogP contribution in [0, 0.1) is 6.92 Å². The minimum absolute atomic E-state index is 0.0443. The van der Waals surface area contributed by atoms with Crippen molar-refractivity contribution in [2.24, 2.45) is 0 Å². The zero-order chi connectivity index (χ0) is 22.1. The van der Waals surface area contributed by atoms with E-state index >= 15 is 0 Å². The first-order chi connectivity index (χ1) is 14.3. The van der Waals surface area contributed by atoms with Gasteiger partial charge in [-0.3, -0.25) is 9.59 Å². The predicted octanol–water partition coefficient (Wildman–Crippen LogP) is 4.75. The molecule has 1 N–H and O–H groups in total. The highest BCUT2D eigenvalue weighted by Crippen LogP contribution is 2.17. The third-order valence-electron chi connectivity index (χ3n) is 5.04. The van der Waals surface area contributed by atoms with E-state index in [0.29, 0.717) is 23.7 Å². The number of ether oxygens (including phenoxy) is 1. The lowest BCUT2D eigenvalue weighted by Gasteiger charge is -2.31. The van der Waals surface area contributed by atoms with Crippen molar-refractivity contribution >= 4 is 23.4 Å². The highest BCUT2D eigenvalue weighted by Gasteiger charge is 2.29.